The van der Waals surface area contributed by atoms with E-state index in [0.29, 0.717) is 6.04 Å². The lowest BCUT2D eigenvalue weighted by Crippen LogP contribution is -2.41. The zero-order chi connectivity index (χ0) is 14.5. The molecule has 2 heteroatoms. The van der Waals surface area contributed by atoms with Crippen LogP contribution < -0.4 is 0 Å². The van der Waals surface area contributed by atoms with E-state index in [9.17, 15) is 5.11 Å². The fourth-order valence-corrected chi connectivity index (χ4v) is 2.94. The molecule has 0 aliphatic heterocycles. The molecule has 110 valence electrons. The van der Waals surface area contributed by atoms with Crippen molar-refractivity contribution in [3.05, 3.63) is 60.2 Å². The molecule has 0 aromatic heterocycles. The Kier molecular flexibility index (Phi) is 4.69. The summed E-state index contributed by atoms with van der Waals surface area (Å²) in [7, 11) is 0. The highest BCUT2D eigenvalue weighted by atomic mass is 16.3. The Labute approximate surface area is 127 Å². The summed E-state index contributed by atoms with van der Waals surface area (Å²) >= 11 is 0. The van der Waals surface area contributed by atoms with E-state index in [-0.39, 0.29) is 6.61 Å². The van der Waals surface area contributed by atoms with Gasteiger partial charge in [0.15, 0.2) is 0 Å². The first-order valence-electron chi connectivity index (χ1n) is 7.86. The molecule has 2 aromatic carbocycles. The second-order valence-corrected chi connectivity index (χ2v) is 5.84. The van der Waals surface area contributed by atoms with E-state index in [1.54, 1.807) is 0 Å². The number of benzene rings is 2. The van der Waals surface area contributed by atoms with Gasteiger partial charge in [0, 0.05) is 19.1 Å². The molecule has 2 nitrogen and oxygen atoms in total. The van der Waals surface area contributed by atoms with E-state index >= 15 is 0 Å². The zero-order valence-corrected chi connectivity index (χ0v) is 12.4. The Morgan fingerprint density at radius 3 is 2.14 bits per heavy atom. The maximum atomic E-state index is 9.23. The van der Waals surface area contributed by atoms with Crippen LogP contribution >= 0.6 is 0 Å². The predicted molar refractivity (Wildman–Crippen MR) is 87.0 cm³/mol. The molecule has 2 aromatic rings. The molecule has 0 spiro atoms. The lowest BCUT2D eigenvalue weighted by Gasteiger charge is -2.37. The summed E-state index contributed by atoms with van der Waals surface area (Å²) in [4.78, 5) is 2.42. The third-order valence-corrected chi connectivity index (χ3v) is 4.43. The minimum atomic E-state index is 0.249. The third-order valence-electron chi connectivity index (χ3n) is 4.43. The summed E-state index contributed by atoms with van der Waals surface area (Å²) in [5.74, 6) is 0. The zero-order valence-electron chi connectivity index (χ0n) is 12.4. The van der Waals surface area contributed by atoms with E-state index in [4.69, 9.17) is 0 Å². The highest BCUT2D eigenvalue weighted by Crippen LogP contribution is 2.26. The first kappa shape index (κ1) is 14.3. The van der Waals surface area contributed by atoms with Crippen LogP contribution in [-0.4, -0.2) is 29.2 Å². The summed E-state index contributed by atoms with van der Waals surface area (Å²) in [6, 6.07) is 20.0. The fourth-order valence-electron chi connectivity index (χ4n) is 2.94. The topological polar surface area (TPSA) is 23.5 Å². The minimum Gasteiger partial charge on any atom is -0.395 e. The van der Waals surface area contributed by atoms with E-state index in [1.807, 2.05) is 6.07 Å². The SMILES string of the molecule is OCCN(Cc1ccc(-c2ccccc2)cc1)C1CCC1. The van der Waals surface area contributed by atoms with Gasteiger partial charge in [0.05, 0.1) is 6.61 Å². The number of aliphatic hydroxyl groups is 1. The summed E-state index contributed by atoms with van der Waals surface area (Å²) in [6.45, 7) is 1.98. The second-order valence-electron chi connectivity index (χ2n) is 5.84. The maximum absolute atomic E-state index is 9.23. The number of nitrogens with zero attached hydrogens (tertiary/aromatic N) is 1. The van der Waals surface area contributed by atoms with Crippen molar-refractivity contribution in [3.8, 4) is 11.1 Å². The van der Waals surface area contributed by atoms with Gasteiger partial charge in [0.2, 0.25) is 0 Å². The molecular formula is C19H23NO. The molecule has 1 fully saturated rings. The summed E-state index contributed by atoms with van der Waals surface area (Å²) in [5, 5.41) is 9.23. The van der Waals surface area contributed by atoms with Crippen molar-refractivity contribution in [3.63, 3.8) is 0 Å². The molecule has 0 radical (unpaired) electrons. The van der Waals surface area contributed by atoms with Crippen molar-refractivity contribution in [2.75, 3.05) is 13.2 Å². The molecule has 0 atom stereocenters. The standard InChI is InChI=1S/C19H23NO/c21-14-13-20(19-7-4-8-19)15-16-9-11-18(12-10-16)17-5-2-1-3-6-17/h1-3,5-6,9-12,19,21H,4,7-8,13-15H2. The molecule has 1 aliphatic rings. The van der Waals surface area contributed by atoms with E-state index < -0.39 is 0 Å². The molecule has 0 saturated heterocycles. The molecule has 3 rings (SSSR count). The van der Waals surface area contributed by atoms with Gasteiger partial charge in [0.1, 0.15) is 0 Å². The molecule has 0 bridgehead atoms. The number of aliphatic hydroxyl groups excluding tert-OH is 1. The van der Waals surface area contributed by atoms with Gasteiger partial charge >= 0.3 is 0 Å². The molecule has 1 saturated carbocycles. The van der Waals surface area contributed by atoms with Gasteiger partial charge < -0.3 is 5.11 Å². The molecular weight excluding hydrogens is 258 g/mol. The van der Waals surface area contributed by atoms with Crippen molar-refractivity contribution >= 4 is 0 Å². The predicted octanol–water partition coefficient (Wildman–Crippen LogP) is 3.70. The van der Waals surface area contributed by atoms with Gasteiger partial charge in [-0.15, -0.1) is 0 Å². The molecule has 1 N–H and O–H groups in total. The van der Waals surface area contributed by atoms with Gasteiger partial charge in [-0.1, -0.05) is 61.0 Å². The molecule has 0 unspecified atom stereocenters. The van der Waals surface area contributed by atoms with Gasteiger partial charge in [-0.05, 0) is 29.5 Å². The van der Waals surface area contributed by atoms with Crippen LogP contribution in [0.4, 0.5) is 0 Å². The Hall–Kier alpha value is -1.64. The third kappa shape index (κ3) is 3.52. The summed E-state index contributed by atoms with van der Waals surface area (Å²) in [5.41, 5.74) is 3.85. The van der Waals surface area contributed by atoms with E-state index in [2.05, 4.69) is 53.4 Å². The van der Waals surface area contributed by atoms with Gasteiger partial charge in [-0.3, -0.25) is 4.90 Å². The highest BCUT2D eigenvalue weighted by molar-refractivity contribution is 5.63. The Morgan fingerprint density at radius 2 is 1.57 bits per heavy atom. The minimum absolute atomic E-state index is 0.249. The van der Waals surface area contributed by atoms with Crippen LogP contribution in [0.2, 0.25) is 0 Å². The van der Waals surface area contributed by atoms with Gasteiger partial charge in [0.25, 0.3) is 0 Å². The molecule has 0 heterocycles. The number of rotatable bonds is 6. The summed E-state index contributed by atoms with van der Waals surface area (Å²) in [6.07, 6.45) is 3.89. The van der Waals surface area contributed by atoms with E-state index in [1.165, 1.54) is 36.0 Å². The van der Waals surface area contributed by atoms with Crippen LogP contribution in [0.15, 0.2) is 54.6 Å². The maximum Gasteiger partial charge on any atom is 0.0558 e. The monoisotopic (exact) mass is 281 g/mol. The molecule has 1 aliphatic carbocycles. The lowest BCUT2D eigenvalue weighted by molar-refractivity contribution is 0.0946. The quantitative estimate of drug-likeness (QED) is 0.872. The normalized spacial score (nSPS) is 15.1. The Morgan fingerprint density at radius 1 is 0.905 bits per heavy atom. The fraction of sp³-hybridized carbons (Fsp3) is 0.368. The van der Waals surface area contributed by atoms with E-state index in [0.717, 1.165) is 13.1 Å². The van der Waals surface area contributed by atoms with Crippen LogP contribution in [0.1, 0.15) is 24.8 Å². The first-order chi connectivity index (χ1) is 10.4. The van der Waals surface area contributed by atoms with Crippen LogP contribution in [-0.2, 0) is 6.54 Å². The van der Waals surface area contributed by atoms with Crippen molar-refractivity contribution in [2.24, 2.45) is 0 Å². The average molecular weight is 281 g/mol. The molecule has 21 heavy (non-hydrogen) atoms. The van der Waals surface area contributed by atoms with Crippen molar-refractivity contribution < 1.29 is 5.11 Å². The Bertz CT molecular complexity index is 546. The lowest BCUT2D eigenvalue weighted by atomic mass is 9.91. The van der Waals surface area contributed by atoms with Crippen LogP contribution in [0, 0.1) is 0 Å². The van der Waals surface area contributed by atoms with Crippen molar-refractivity contribution in [1.29, 1.82) is 0 Å². The van der Waals surface area contributed by atoms with Gasteiger partial charge in [-0.2, -0.15) is 0 Å². The van der Waals surface area contributed by atoms with Crippen LogP contribution in [0.3, 0.4) is 0 Å². The van der Waals surface area contributed by atoms with Gasteiger partial charge in [-0.25, -0.2) is 0 Å². The smallest absolute Gasteiger partial charge is 0.0558 e. The van der Waals surface area contributed by atoms with Crippen LogP contribution in [0.5, 0.6) is 0 Å². The largest absolute Gasteiger partial charge is 0.395 e. The number of hydrogen-bond acceptors (Lipinski definition) is 2. The van der Waals surface area contributed by atoms with Crippen molar-refractivity contribution in [2.45, 2.75) is 31.8 Å². The van der Waals surface area contributed by atoms with Crippen molar-refractivity contribution in [1.82, 2.24) is 4.90 Å². The first-order valence-corrected chi connectivity index (χ1v) is 7.86. The Balaban J connectivity index is 1.68. The highest BCUT2D eigenvalue weighted by Gasteiger charge is 2.24. The van der Waals surface area contributed by atoms with Crippen LogP contribution in [0.25, 0.3) is 11.1 Å². The average Bonchev–Trinajstić information content (AvgIpc) is 2.47. The molecule has 0 amide bonds. The number of hydrogen-bond donors (Lipinski definition) is 1. The summed E-state index contributed by atoms with van der Waals surface area (Å²) < 4.78 is 0. The second kappa shape index (κ2) is 6.88.